The predicted octanol–water partition coefficient (Wildman–Crippen LogP) is 4.77. The Morgan fingerprint density at radius 1 is 1.26 bits per heavy atom. The Kier molecular flexibility index (Phi) is 5.81. The number of thiazole rings is 1. The zero-order valence-electron chi connectivity index (χ0n) is 15.7. The van der Waals surface area contributed by atoms with Gasteiger partial charge < -0.3 is 10.2 Å². The standard InChI is InChI=1S/C21H26ClN3OS/c1-14-19(27-21(24-14)16-8-2-3-9-17(16)22)20(26)23-13-15-7-6-12-25-11-5-4-10-18(15)25/h2-3,8-9,15,18H,4-7,10-13H2,1H3,(H,23,26)/t15-,18-/m1/s1. The van der Waals surface area contributed by atoms with Gasteiger partial charge in [-0.05, 0) is 57.7 Å². The SMILES string of the molecule is Cc1nc(-c2ccccc2Cl)sc1C(=O)NC[C@H]1CCCN2CCCC[C@H]12. The lowest BCUT2D eigenvalue weighted by Crippen LogP contribution is -2.50. The number of rotatable bonds is 4. The minimum absolute atomic E-state index is 0.00348. The van der Waals surface area contributed by atoms with E-state index in [1.165, 1.54) is 56.5 Å². The van der Waals surface area contributed by atoms with Gasteiger partial charge in [0.2, 0.25) is 0 Å². The van der Waals surface area contributed by atoms with Crippen molar-refractivity contribution in [3.8, 4) is 10.6 Å². The number of amides is 1. The number of hydrogen-bond donors (Lipinski definition) is 1. The molecule has 0 unspecified atom stereocenters. The fraction of sp³-hybridized carbons (Fsp3) is 0.524. The third-order valence-electron chi connectivity index (χ3n) is 5.86. The van der Waals surface area contributed by atoms with Crippen LogP contribution in [0.4, 0.5) is 0 Å². The molecule has 0 spiro atoms. The summed E-state index contributed by atoms with van der Waals surface area (Å²) in [6, 6.07) is 8.29. The van der Waals surface area contributed by atoms with Crippen LogP contribution in [0.1, 0.15) is 47.5 Å². The van der Waals surface area contributed by atoms with E-state index in [9.17, 15) is 4.79 Å². The summed E-state index contributed by atoms with van der Waals surface area (Å²) in [6.07, 6.45) is 6.37. The van der Waals surface area contributed by atoms with Gasteiger partial charge in [0.25, 0.3) is 5.91 Å². The van der Waals surface area contributed by atoms with Crippen molar-refractivity contribution in [2.75, 3.05) is 19.6 Å². The molecule has 2 aliphatic heterocycles. The summed E-state index contributed by atoms with van der Waals surface area (Å²) >= 11 is 7.72. The van der Waals surface area contributed by atoms with Crippen LogP contribution in [-0.4, -0.2) is 41.5 Å². The molecule has 2 atom stereocenters. The van der Waals surface area contributed by atoms with Crippen molar-refractivity contribution >= 4 is 28.8 Å². The molecule has 2 aliphatic rings. The number of nitrogens with one attached hydrogen (secondary N) is 1. The van der Waals surface area contributed by atoms with Gasteiger partial charge in [0.05, 0.1) is 10.7 Å². The first-order valence-corrected chi connectivity index (χ1v) is 11.1. The maximum Gasteiger partial charge on any atom is 0.263 e. The molecule has 144 valence electrons. The summed E-state index contributed by atoms with van der Waals surface area (Å²) in [6.45, 7) is 5.11. The second kappa shape index (κ2) is 8.29. The summed E-state index contributed by atoms with van der Waals surface area (Å²) in [7, 11) is 0. The van der Waals surface area contributed by atoms with E-state index in [1.807, 2.05) is 31.2 Å². The second-order valence-corrected chi connectivity index (χ2v) is 9.03. The highest BCUT2D eigenvalue weighted by Crippen LogP contribution is 2.33. The van der Waals surface area contributed by atoms with E-state index in [2.05, 4.69) is 15.2 Å². The van der Waals surface area contributed by atoms with Crippen LogP contribution < -0.4 is 5.32 Å². The van der Waals surface area contributed by atoms with E-state index in [0.29, 0.717) is 21.9 Å². The molecule has 4 rings (SSSR count). The minimum Gasteiger partial charge on any atom is -0.351 e. The normalized spacial score (nSPS) is 23.0. The van der Waals surface area contributed by atoms with Crippen LogP contribution in [-0.2, 0) is 0 Å². The summed E-state index contributed by atoms with van der Waals surface area (Å²) < 4.78 is 0. The summed E-state index contributed by atoms with van der Waals surface area (Å²) in [5.41, 5.74) is 1.66. The van der Waals surface area contributed by atoms with Crippen LogP contribution in [0.15, 0.2) is 24.3 Å². The molecule has 4 nitrogen and oxygen atoms in total. The van der Waals surface area contributed by atoms with Crippen LogP contribution in [0.2, 0.25) is 5.02 Å². The Bertz CT molecular complexity index is 820. The van der Waals surface area contributed by atoms with E-state index in [4.69, 9.17) is 11.6 Å². The van der Waals surface area contributed by atoms with Crippen LogP contribution in [0.25, 0.3) is 10.6 Å². The van der Waals surface area contributed by atoms with Crippen LogP contribution >= 0.6 is 22.9 Å². The number of piperidine rings is 2. The second-order valence-electron chi connectivity index (χ2n) is 7.62. The first-order valence-electron chi connectivity index (χ1n) is 9.88. The number of aryl methyl sites for hydroxylation is 1. The van der Waals surface area contributed by atoms with Gasteiger partial charge in [0.15, 0.2) is 0 Å². The average Bonchev–Trinajstić information content (AvgIpc) is 3.08. The summed E-state index contributed by atoms with van der Waals surface area (Å²) in [4.78, 5) is 20.7. The van der Waals surface area contributed by atoms with Gasteiger partial charge >= 0.3 is 0 Å². The van der Waals surface area contributed by atoms with Crippen molar-refractivity contribution in [2.45, 2.75) is 45.1 Å². The molecule has 27 heavy (non-hydrogen) atoms. The monoisotopic (exact) mass is 403 g/mol. The fourth-order valence-corrected chi connectivity index (χ4v) is 5.78. The molecule has 1 aromatic carbocycles. The number of fused-ring (bicyclic) bond motifs is 1. The van der Waals surface area contributed by atoms with Gasteiger partial charge in [-0.15, -0.1) is 11.3 Å². The lowest BCUT2D eigenvalue weighted by Gasteiger charge is -2.44. The molecule has 1 aromatic heterocycles. The Morgan fingerprint density at radius 2 is 2.07 bits per heavy atom. The molecule has 0 saturated carbocycles. The fourth-order valence-electron chi connectivity index (χ4n) is 4.48. The molecule has 2 fully saturated rings. The van der Waals surface area contributed by atoms with E-state index in [1.54, 1.807) is 0 Å². The zero-order chi connectivity index (χ0) is 18.8. The van der Waals surface area contributed by atoms with E-state index >= 15 is 0 Å². The Morgan fingerprint density at radius 3 is 2.93 bits per heavy atom. The number of hydrogen-bond acceptors (Lipinski definition) is 4. The van der Waals surface area contributed by atoms with Crippen molar-refractivity contribution in [1.82, 2.24) is 15.2 Å². The lowest BCUT2D eigenvalue weighted by molar-refractivity contribution is 0.0576. The molecular weight excluding hydrogens is 378 g/mol. The maximum absolute atomic E-state index is 12.8. The molecule has 2 saturated heterocycles. The number of aromatic nitrogens is 1. The molecule has 0 aliphatic carbocycles. The molecule has 0 bridgehead atoms. The van der Waals surface area contributed by atoms with Gasteiger partial charge in [-0.25, -0.2) is 4.98 Å². The van der Waals surface area contributed by atoms with E-state index in [-0.39, 0.29) is 5.91 Å². The highest BCUT2D eigenvalue weighted by Gasteiger charge is 2.33. The number of halogens is 1. The first kappa shape index (κ1) is 18.9. The Balaban J connectivity index is 1.43. The summed E-state index contributed by atoms with van der Waals surface area (Å²) in [5, 5.41) is 4.66. The molecule has 1 N–H and O–H groups in total. The van der Waals surface area contributed by atoms with Crippen molar-refractivity contribution in [3.63, 3.8) is 0 Å². The van der Waals surface area contributed by atoms with Gasteiger partial charge in [0, 0.05) is 18.2 Å². The van der Waals surface area contributed by atoms with Crippen molar-refractivity contribution in [1.29, 1.82) is 0 Å². The maximum atomic E-state index is 12.8. The highest BCUT2D eigenvalue weighted by molar-refractivity contribution is 7.17. The van der Waals surface area contributed by atoms with Crippen LogP contribution in [0.3, 0.4) is 0 Å². The molecule has 2 aromatic rings. The Hall–Kier alpha value is -1.43. The van der Waals surface area contributed by atoms with E-state index < -0.39 is 0 Å². The van der Waals surface area contributed by atoms with E-state index in [0.717, 1.165) is 22.8 Å². The molecule has 3 heterocycles. The van der Waals surface area contributed by atoms with Crippen LogP contribution in [0, 0.1) is 12.8 Å². The predicted molar refractivity (Wildman–Crippen MR) is 112 cm³/mol. The van der Waals surface area contributed by atoms with Crippen LogP contribution in [0.5, 0.6) is 0 Å². The zero-order valence-corrected chi connectivity index (χ0v) is 17.3. The summed E-state index contributed by atoms with van der Waals surface area (Å²) in [5.74, 6) is 0.565. The van der Waals surface area contributed by atoms with Gasteiger partial charge in [-0.2, -0.15) is 0 Å². The van der Waals surface area contributed by atoms with Crippen molar-refractivity contribution in [3.05, 3.63) is 39.9 Å². The first-order chi connectivity index (χ1) is 13.1. The lowest BCUT2D eigenvalue weighted by atomic mass is 9.83. The quantitative estimate of drug-likeness (QED) is 0.799. The van der Waals surface area contributed by atoms with Crippen molar-refractivity contribution in [2.24, 2.45) is 5.92 Å². The molecule has 0 radical (unpaired) electrons. The minimum atomic E-state index is -0.00348. The van der Waals surface area contributed by atoms with Crippen molar-refractivity contribution < 1.29 is 4.79 Å². The average molecular weight is 404 g/mol. The van der Waals surface area contributed by atoms with Gasteiger partial charge in [-0.3, -0.25) is 4.79 Å². The molecule has 6 heteroatoms. The number of carbonyl (C=O) groups excluding carboxylic acids is 1. The topological polar surface area (TPSA) is 45.2 Å². The molecular formula is C21H26ClN3OS. The Labute approximate surface area is 169 Å². The smallest absolute Gasteiger partial charge is 0.263 e. The van der Waals surface area contributed by atoms with Gasteiger partial charge in [-0.1, -0.05) is 36.2 Å². The number of carbonyl (C=O) groups is 1. The number of benzene rings is 1. The highest BCUT2D eigenvalue weighted by atomic mass is 35.5. The molecule has 1 amide bonds. The number of nitrogens with zero attached hydrogens (tertiary/aromatic N) is 2. The van der Waals surface area contributed by atoms with Gasteiger partial charge in [0.1, 0.15) is 9.88 Å². The third-order valence-corrected chi connectivity index (χ3v) is 7.38. The third kappa shape index (κ3) is 4.05. The largest absolute Gasteiger partial charge is 0.351 e.